The van der Waals surface area contributed by atoms with Crippen LogP contribution in [0.1, 0.15) is 23.2 Å². The lowest BCUT2D eigenvalue weighted by molar-refractivity contribution is -0.149. The first-order valence-electron chi connectivity index (χ1n) is 8.75. The standard InChI is InChI=1S/C20H19FN2O5/c21-13-5-9-15(10-6-13)27-12-19(25)28-11-18(24)23-17-4-2-1-3-16(17)20(26)22-14-7-8-14/h1-6,9-10,14H,7-8,11-12H2,(H,22,26)(H,23,24). The molecule has 2 aromatic rings. The average Bonchev–Trinajstić information content (AvgIpc) is 3.50. The van der Waals surface area contributed by atoms with Gasteiger partial charge in [0.1, 0.15) is 11.6 Å². The topological polar surface area (TPSA) is 93.7 Å². The van der Waals surface area contributed by atoms with Crippen molar-refractivity contribution in [2.45, 2.75) is 18.9 Å². The van der Waals surface area contributed by atoms with Crippen molar-refractivity contribution in [3.63, 3.8) is 0 Å². The van der Waals surface area contributed by atoms with E-state index in [2.05, 4.69) is 10.6 Å². The van der Waals surface area contributed by atoms with Crippen molar-refractivity contribution in [3.05, 3.63) is 59.9 Å². The lowest BCUT2D eigenvalue weighted by Gasteiger charge is -2.11. The number of anilines is 1. The summed E-state index contributed by atoms with van der Waals surface area (Å²) in [5.41, 5.74) is 0.679. The van der Waals surface area contributed by atoms with Crippen LogP contribution in [0.3, 0.4) is 0 Å². The molecule has 1 fully saturated rings. The van der Waals surface area contributed by atoms with Crippen molar-refractivity contribution >= 4 is 23.5 Å². The maximum Gasteiger partial charge on any atom is 0.344 e. The molecule has 1 aliphatic rings. The zero-order valence-electron chi connectivity index (χ0n) is 14.9. The quantitative estimate of drug-likeness (QED) is 0.679. The monoisotopic (exact) mass is 386 g/mol. The second-order valence-corrected chi connectivity index (χ2v) is 6.24. The molecule has 0 spiro atoms. The summed E-state index contributed by atoms with van der Waals surface area (Å²) < 4.78 is 22.8. The molecule has 2 aromatic carbocycles. The molecular formula is C20H19FN2O5. The molecule has 7 nitrogen and oxygen atoms in total. The van der Waals surface area contributed by atoms with Gasteiger partial charge in [-0.05, 0) is 49.2 Å². The number of hydrogen-bond acceptors (Lipinski definition) is 5. The average molecular weight is 386 g/mol. The van der Waals surface area contributed by atoms with E-state index in [4.69, 9.17) is 9.47 Å². The highest BCUT2D eigenvalue weighted by Crippen LogP contribution is 2.21. The van der Waals surface area contributed by atoms with Crippen LogP contribution in [0.4, 0.5) is 10.1 Å². The number of benzene rings is 2. The number of para-hydroxylation sites is 1. The Bertz CT molecular complexity index is 865. The largest absolute Gasteiger partial charge is 0.482 e. The number of rotatable bonds is 8. The van der Waals surface area contributed by atoms with Gasteiger partial charge in [-0.3, -0.25) is 9.59 Å². The fourth-order valence-electron chi connectivity index (χ4n) is 2.33. The van der Waals surface area contributed by atoms with E-state index < -0.39 is 30.9 Å². The van der Waals surface area contributed by atoms with Crippen molar-refractivity contribution in [2.75, 3.05) is 18.5 Å². The third-order valence-electron chi connectivity index (χ3n) is 3.89. The molecule has 1 saturated carbocycles. The van der Waals surface area contributed by atoms with E-state index >= 15 is 0 Å². The van der Waals surface area contributed by atoms with Gasteiger partial charge in [-0.2, -0.15) is 0 Å². The Morgan fingerprint density at radius 2 is 1.71 bits per heavy atom. The van der Waals surface area contributed by atoms with Crippen molar-refractivity contribution in [1.29, 1.82) is 0 Å². The highest BCUT2D eigenvalue weighted by Gasteiger charge is 2.25. The van der Waals surface area contributed by atoms with E-state index in [0.29, 0.717) is 17.0 Å². The molecule has 0 radical (unpaired) electrons. The number of ether oxygens (including phenoxy) is 2. The van der Waals surface area contributed by atoms with Crippen LogP contribution in [-0.2, 0) is 14.3 Å². The Labute approximate surface area is 160 Å². The Morgan fingerprint density at radius 1 is 1.00 bits per heavy atom. The summed E-state index contributed by atoms with van der Waals surface area (Å²) in [7, 11) is 0. The van der Waals surface area contributed by atoms with Crippen LogP contribution in [0, 0.1) is 5.82 Å². The summed E-state index contributed by atoms with van der Waals surface area (Å²) in [5.74, 6) is -1.71. The Morgan fingerprint density at radius 3 is 2.43 bits per heavy atom. The molecule has 0 saturated heterocycles. The van der Waals surface area contributed by atoms with Crippen LogP contribution in [0.5, 0.6) is 5.75 Å². The van der Waals surface area contributed by atoms with Crippen LogP contribution >= 0.6 is 0 Å². The zero-order chi connectivity index (χ0) is 19.9. The molecule has 2 N–H and O–H groups in total. The van der Waals surface area contributed by atoms with Gasteiger partial charge in [0.2, 0.25) is 0 Å². The number of esters is 1. The number of amides is 2. The third-order valence-corrected chi connectivity index (χ3v) is 3.89. The van der Waals surface area contributed by atoms with Gasteiger partial charge in [0.25, 0.3) is 11.8 Å². The van der Waals surface area contributed by atoms with Crippen molar-refractivity contribution in [2.24, 2.45) is 0 Å². The highest BCUT2D eigenvalue weighted by molar-refractivity contribution is 6.04. The molecule has 0 aromatic heterocycles. The fourth-order valence-corrected chi connectivity index (χ4v) is 2.33. The van der Waals surface area contributed by atoms with Crippen LogP contribution in [-0.4, -0.2) is 37.0 Å². The second-order valence-electron chi connectivity index (χ2n) is 6.24. The summed E-state index contributed by atoms with van der Waals surface area (Å²) in [4.78, 5) is 35.9. The Kier molecular flexibility index (Phi) is 6.21. The van der Waals surface area contributed by atoms with Gasteiger partial charge in [-0.1, -0.05) is 12.1 Å². The van der Waals surface area contributed by atoms with Gasteiger partial charge < -0.3 is 20.1 Å². The molecule has 0 heterocycles. The molecule has 0 bridgehead atoms. The van der Waals surface area contributed by atoms with Gasteiger partial charge in [0.15, 0.2) is 13.2 Å². The lowest BCUT2D eigenvalue weighted by Crippen LogP contribution is -2.28. The maximum absolute atomic E-state index is 12.8. The molecule has 3 rings (SSSR count). The minimum absolute atomic E-state index is 0.193. The molecule has 0 atom stereocenters. The first kappa shape index (κ1) is 19.3. The van der Waals surface area contributed by atoms with Crippen LogP contribution < -0.4 is 15.4 Å². The number of nitrogens with one attached hydrogen (secondary N) is 2. The molecule has 0 unspecified atom stereocenters. The first-order chi connectivity index (χ1) is 13.5. The summed E-state index contributed by atoms with van der Waals surface area (Å²) in [6, 6.07) is 11.9. The summed E-state index contributed by atoms with van der Waals surface area (Å²) >= 11 is 0. The predicted molar refractivity (Wildman–Crippen MR) is 98.4 cm³/mol. The maximum atomic E-state index is 12.8. The minimum Gasteiger partial charge on any atom is -0.482 e. The summed E-state index contributed by atoms with van der Waals surface area (Å²) in [6.07, 6.45) is 1.91. The van der Waals surface area contributed by atoms with Gasteiger partial charge in [0.05, 0.1) is 11.3 Å². The Balaban J connectivity index is 1.45. The van der Waals surface area contributed by atoms with E-state index in [1.165, 1.54) is 24.3 Å². The van der Waals surface area contributed by atoms with Crippen molar-refractivity contribution < 1.29 is 28.2 Å². The normalized spacial score (nSPS) is 12.8. The van der Waals surface area contributed by atoms with E-state index in [-0.39, 0.29) is 11.9 Å². The van der Waals surface area contributed by atoms with E-state index in [1.807, 2.05) is 0 Å². The molecule has 8 heteroatoms. The zero-order valence-corrected chi connectivity index (χ0v) is 14.9. The van der Waals surface area contributed by atoms with Crippen molar-refractivity contribution in [1.82, 2.24) is 5.32 Å². The van der Waals surface area contributed by atoms with Crippen LogP contribution in [0.2, 0.25) is 0 Å². The molecule has 28 heavy (non-hydrogen) atoms. The van der Waals surface area contributed by atoms with Gasteiger partial charge in [-0.15, -0.1) is 0 Å². The van der Waals surface area contributed by atoms with Gasteiger partial charge in [-0.25, -0.2) is 9.18 Å². The predicted octanol–water partition coefficient (Wildman–Crippen LogP) is 2.28. The number of halogens is 1. The second kappa shape index (κ2) is 8.98. The van der Waals surface area contributed by atoms with Crippen LogP contribution in [0.15, 0.2) is 48.5 Å². The fraction of sp³-hybridized carbons (Fsp3) is 0.250. The van der Waals surface area contributed by atoms with E-state index in [1.54, 1.807) is 24.3 Å². The molecule has 0 aliphatic heterocycles. The number of carbonyl (C=O) groups is 3. The van der Waals surface area contributed by atoms with Crippen molar-refractivity contribution in [3.8, 4) is 5.75 Å². The molecule has 2 amide bonds. The third kappa shape index (κ3) is 5.80. The van der Waals surface area contributed by atoms with Gasteiger partial charge in [0, 0.05) is 6.04 Å². The SMILES string of the molecule is O=C(COC(=O)COc1ccc(F)cc1)Nc1ccccc1C(=O)NC1CC1. The summed E-state index contributed by atoms with van der Waals surface area (Å²) in [6.45, 7) is -0.941. The first-order valence-corrected chi connectivity index (χ1v) is 8.75. The molecular weight excluding hydrogens is 367 g/mol. The van der Waals surface area contributed by atoms with E-state index in [9.17, 15) is 18.8 Å². The number of carbonyl (C=O) groups excluding carboxylic acids is 3. The van der Waals surface area contributed by atoms with Crippen LogP contribution in [0.25, 0.3) is 0 Å². The molecule has 1 aliphatic carbocycles. The lowest BCUT2D eigenvalue weighted by atomic mass is 10.1. The van der Waals surface area contributed by atoms with E-state index in [0.717, 1.165) is 12.8 Å². The Hall–Kier alpha value is -3.42. The smallest absolute Gasteiger partial charge is 0.344 e. The highest BCUT2D eigenvalue weighted by atomic mass is 19.1. The molecule has 146 valence electrons. The summed E-state index contributed by atoms with van der Waals surface area (Å²) in [5, 5.41) is 5.42. The number of hydrogen-bond donors (Lipinski definition) is 2. The minimum atomic E-state index is -0.751. The van der Waals surface area contributed by atoms with Gasteiger partial charge >= 0.3 is 5.97 Å².